The number of morpholine rings is 1. The second-order valence-corrected chi connectivity index (χ2v) is 7.54. The molecule has 0 aromatic heterocycles. The van der Waals surface area contributed by atoms with Crippen LogP contribution >= 0.6 is 22.6 Å². The summed E-state index contributed by atoms with van der Waals surface area (Å²) in [6.07, 6.45) is 0. The number of nitrogens with zero attached hydrogens (tertiary/aromatic N) is 1. The minimum absolute atomic E-state index is 0.0861. The first kappa shape index (κ1) is 14.8. The molecule has 104 valence electrons. The third-order valence-electron chi connectivity index (χ3n) is 3.05. The van der Waals surface area contributed by atoms with E-state index in [1.54, 1.807) is 0 Å². The van der Waals surface area contributed by atoms with Crippen LogP contribution in [0.2, 0.25) is 0 Å². The number of halogens is 1. The van der Waals surface area contributed by atoms with Gasteiger partial charge < -0.3 is 9.64 Å². The van der Waals surface area contributed by atoms with E-state index < -0.39 is 0 Å². The molecule has 0 spiro atoms. The summed E-state index contributed by atoms with van der Waals surface area (Å²) in [5.74, 6) is 0.0861. The van der Waals surface area contributed by atoms with Crippen LogP contribution in [-0.4, -0.2) is 35.1 Å². The Labute approximate surface area is 128 Å². The van der Waals surface area contributed by atoms with Crippen molar-refractivity contribution in [2.45, 2.75) is 38.9 Å². The van der Waals surface area contributed by atoms with Crippen molar-refractivity contribution in [2.24, 2.45) is 0 Å². The Balaban J connectivity index is 2.24. The number of hydrogen-bond donors (Lipinski definition) is 0. The fourth-order valence-corrected chi connectivity index (χ4v) is 3.28. The molecule has 2 rings (SSSR count). The molecule has 0 aliphatic carbocycles. The fourth-order valence-electron chi connectivity index (χ4n) is 2.74. The van der Waals surface area contributed by atoms with E-state index in [9.17, 15) is 4.79 Å². The van der Waals surface area contributed by atoms with Gasteiger partial charge in [0.1, 0.15) is 0 Å². The summed E-state index contributed by atoms with van der Waals surface area (Å²) in [7, 11) is 0. The number of carbonyl (C=O) groups excluding carboxylic acids is 1. The number of hydrogen-bond acceptors (Lipinski definition) is 2. The summed E-state index contributed by atoms with van der Waals surface area (Å²) in [5, 5.41) is 0. The standard InChI is InChI=1S/C15H20INO2/c1-14(2)9-17(10-15(3,4)19-14)13(18)11-6-5-7-12(16)8-11/h5-8H,9-10H2,1-4H3. The zero-order chi connectivity index (χ0) is 14.3. The molecule has 3 nitrogen and oxygen atoms in total. The monoisotopic (exact) mass is 373 g/mol. The van der Waals surface area contributed by atoms with Crippen LogP contribution in [0.4, 0.5) is 0 Å². The highest BCUT2D eigenvalue weighted by molar-refractivity contribution is 14.1. The summed E-state index contributed by atoms with van der Waals surface area (Å²) in [4.78, 5) is 14.5. The maximum Gasteiger partial charge on any atom is 0.254 e. The Kier molecular flexibility index (Phi) is 3.93. The summed E-state index contributed by atoms with van der Waals surface area (Å²) in [6.45, 7) is 9.37. The van der Waals surface area contributed by atoms with Gasteiger partial charge in [-0.05, 0) is 68.5 Å². The first-order valence-electron chi connectivity index (χ1n) is 6.44. The number of ether oxygens (including phenoxy) is 1. The van der Waals surface area contributed by atoms with Crippen molar-refractivity contribution in [3.05, 3.63) is 33.4 Å². The molecule has 0 unspecified atom stereocenters. The molecular weight excluding hydrogens is 353 g/mol. The van der Waals surface area contributed by atoms with Gasteiger partial charge in [0.25, 0.3) is 5.91 Å². The SMILES string of the molecule is CC1(C)CN(C(=O)c2cccc(I)c2)CC(C)(C)O1. The summed E-state index contributed by atoms with van der Waals surface area (Å²) >= 11 is 2.23. The van der Waals surface area contributed by atoms with Crippen LogP contribution in [0.15, 0.2) is 24.3 Å². The predicted molar refractivity (Wildman–Crippen MR) is 84.3 cm³/mol. The van der Waals surface area contributed by atoms with Crippen molar-refractivity contribution >= 4 is 28.5 Å². The number of rotatable bonds is 1. The molecule has 0 atom stereocenters. The Morgan fingerprint density at radius 1 is 1.21 bits per heavy atom. The topological polar surface area (TPSA) is 29.5 Å². The van der Waals surface area contributed by atoms with E-state index in [0.29, 0.717) is 13.1 Å². The van der Waals surface area contributed by atoms with Gasteiger partial charge in [0, 0.05) is 22.2 Å². The van der Waals surface area contributed by atoms with Crippen molar-refractivity contribution in [1.82, 2.24) is 4.90 Å². The molecule has 0 saturated carbocycles. The molecule has 1 aliphatic rings. The van der Waals surface area contributed by atoms with Gasteiger partial charge in [-0.25, -0.2) is 0 Å². The van der Waals surface area contributed by atoms with Crippen LogP contribution in [0.1, 0.15) is 38.1 Å². The number of carbonyl (C=O) groups is 1. The smallest absolute Gasteiger partial charge is 0.254 e. The molecule has 19 heavy (non-hydrogen) atoms. The van der Waals surface area contributed by atoms with Gasteiger partial charge in [0.2, 0.25) is 0 Å². The molecule has 4 heteroatoms. The Hall–Kier alpha value is -0.620. The quantitative estimate of drug-likeness (QED) is 0.707. The zero-order valence-electron chi connectivity index (χ0n) is 11.9. The van der Waals surface area contributed by atoms with Crippen LogP contribution in [0.25, 0.3) is 0 Å². The molecule has 0 bridgehead atoms. The summed E-state index contributed by atoms with van der Waals surface area (Å²) < 4.78 is 7.08. The fraction of sp³-hybridized carbons (Fsp3) is 0.533. The van der Waals surface area contributed by atoms with Crippen molar-refractivity contribution < 1.29 is 9.53 Å². The normalized spacial score (nSPS) is 21.2. The van der Waals surface area contributed by atoms with Gasteiger partial charge >= 0.3 is 0 Å². The molecule has 1 aromatic carbocycles. The highest BCUT2D eigenvalue weighted by Crippen LogP contribution is 2.29. The van der Waals surface area contributed by atoms with Crippen LogP contribution in [0.5, 0.6) is 0 Å². The zero-order valence-corrected chi connectivity index (χ0v) is 14.0. The maximum atomic E-state index is 12.6. The van der Waals surface area contributed by atoms with Crippen molar-refractivity contribution in [1.29, 1.82) is 0 Å². The van der Waals surface area contributed by atoms with E-state index in [-0.39, 0.29) is 17.1 Å². The van der Waals surface area contributed by atoms with E-state index in [4.69, 9.17) is 4.74 Å². The van der Waals surface area contributed by atoms with E-state index in [1.165, 1.54) is 0 Å². The van der Waals surface area contributed by atoms with Gasteiger partial charge in [0.05, 0.1) is 11.2 Å². The lowest BCUT2D eigenvalue weighted by Gasteiger charge is -2.47. The summed E-state index contributed by atoms with van der Waals surface area (Å²) in [6, 6.07) is 7.72. The van der Waals surface area contributed by atoms with Gasteiger partial charge in [0.15, 0.2) is 0 Å². The highest BCUT2D eigenvalue weighted by atomic mass is 127. The minimum Gasteiger partial charge on any atom is -0.366 e. The molecule has 1 amide bonds. The van der Waals surface area contributed by atoms with Crippen LogP contribution in [-0.2, 0) is 4.74 Å². The molecule has 1 heterocycles. The Morgan fingerprint density at radius 3 is 2.32 bits per heavy atom. The van der Waals surface area contributed by atoms with E-state index in [1.807, 2.05) is 56.9 Å². The molecule has 0 radical (unpaired) electrons. The highest BCUT2D eigenvalue weighted by Gasteiger charge is 2.40. The Bertz CT molecular complexity index is 481. The lowest BCUT2D eigenvalue weighted by Crippen LogP contribution is -2.58. The van der Waals surface area contributed by atoms with Gasteiger partial charge in [-0.2, -0.15) is 0 Å². The molecular formula is C15H20INO2. The summed E-state index contributed by atoms with van der Waals surface area (Å²) in [5.41, 5.74) is 0.138. The van der Waals surface area contributed by atoms with E-state index in [2.05, 4.69) is 22.6 Å². The lowest BCUT2D eigenvalue weighted by molar-refractivity contribution is -0.171. The lowest BCUT2D eigenvalue weighted by atomic mass is 9.98. The van der Waals surface area contributed by atoms with E-state index in [0.717, 1.165) is 9.13 Å². The third-order valence-corrected chi connectivity index (χ3v) is 3.73. The van der Waals surface area contributed by atoms with Crippen molar-refractivity contribution in [2.75, 3.05) is 13.1 Å². The van der Waals surface area contributed by atoms with E-state index >= 15 is 0 Å². The molecule has 0 N–H and O–H groups in total. The second-order valence-electron chi connectivity index (χ2n) is 6.29. The van der Waals surface area contributed by atoms with Crippen molar-refractivity contribution in [3.8, 4) is 0 Å². The van der Waals surface area contributed by atoms with Gasteiger partial charge in [-0.3, -0.25) is 4.79 Å². The third kappa shape index (κ3) is 3.69. The van der Waals surface area contributed by atoms with Crippen LogP contribution in [0, 0.1) is 3.57 Å². The Morgan fingerprint density at radius 2 is 1.79 bits per heavy atom. The van der Waals surface area contributed by atoms with Gasteiger partial charge in [-0.15, -0.1) is 0 Å². The second kappa shape index (κ2) is 5.05. The van der Waals surface area contributed by atoms with Crippen LogP contribution < -0.4 is 0 Å². The predicted octanol–water partition coefficient (Wildman–Crippen LogP) is 3.32. The molecule has 1 aromatic rings. The minimum atomic E-state index is -0.306. The van der Waals surface area contributed by atoms with Crippen molar-refractivity contribution in [3.63, 3.8) is 0 Å². The average molecular weight is 373 g/mol. The number of benzene rings is 1. The first-order valence-corrected chi connectivity index (χ1v) is 7.51. The maximum absolute atomic E-state index is 12.6. The molecule has 1 saturated heterocycles. The number of amides is 1. The first-order chi connectivity index (χ1) is 8.69. The largest absolute Gasteiger partial charge is 0.366 e. The van der Waals surface area contributed by atoms with Crippen LogP contribution in [0.3, 0.4) is 0 Å². The molecule has 1 aliphatic heterocycles. The average Bonchev–Trinajstić information content (AvgIpc) is 2.23. The van der Waals surface area contributed by atoms with Gasteiger partial charge in [-0.1, -0.05) is 6.07 Å². The molecule has 1 fully saturated rings.